The lowest BCUT2D eigenvalue weighted by atomic mass is 9.74. The molecule has 3 aromatic heterocycles. The summed E-state index contributed by atoms with van der Waals surface area (Å²) in [6.07, 6.45) is 4.33. The molecule has 49 heavy (non-hydrogen) atoms. The van der Waals surface area contributed by atoms with Crippen LogP contribution >= 0.6 is 22.9 Å². The number of carbonyl (C=O) groups excluding carboxylic acids is 1. The van der Waals surface area contributed by atoms with Gasteiger partial charge in [0.15, 0.2) is 5.82 Å². The van der Waals surface area contributed by atoms with E-state index in [1.165, 1.54) is 29.5 Å². The number of nitriles is 1. The van der Waals surface area contributed by atoms with E-state index in [1.54, 1.807) is 6.07 Å². The first-order valence-corrected chi connectivity index (χ1v) is 17.1. The number of anilines is 3. The molecule has 2 aromatic carbocycles. The smallest absolute Gasteiger partial charge is 0.346 e. The lowest BCUT2D eigenvalue weighted by Crippen LogP contribution is -2.70. The van der Waals surface area contributed by atoms with E-state index in [2.05, 4.69) is 32.9 Å². The van der Waals surface area contributed by atoms with Crippen LogP contribution in [0.15, 0.2) is 30.9 Å². The third-order valence-corrected chi connectivity index (χ3v) is 11.5. The third-order valence-electron chi connectivity index (χ3n) is 10.2. The first kappa shape index (κ1) is 31.6. The molecule has 6 heterocycles. The number of thiophene rings is 1. The quantitative estimate of drug-likeness (QED) is 0.266. The van der Waals surface area contributed by atoms with Crippen molar-refractivity contribution in [2.24, 2.45) is 5.92 Å². The molecule has 3 aliphatic heterocycles. The summed E-state index contributed by atoms with van der Waals surface area (Å²) in [5.41, 5.74) is 6.02. The third kappa shape index (κ3) is 4.87. The largest absolute Gasteiger partial charge is 0.389 e. The van der Waals surface area contributed by atoms with Crippen LogP contribution in [-0.2, 0) is 0 Å². The first-order chi connectivity index (χ1) is 23.5. The van der Waals surface area contributed by atoms with Gasteiger partial charge in [0.2, 0.25) is 5.95 Å². The van der Waals surface area contributed by atoms with Crippen molar-refractivity contribution in [3.63, 3.8) is 0 Å². The summed E-state index contributed by atoms with van der Waals surface area (Å²) in [4.78, 5) is 35.3. The molecular weight excluding hydrogens is 672 g/mol. The molecule has 1 amide bonds. The van der Waals surface area contributed by atoms with Crippen LogP contribution < -0.4 is 15.5 Å². The van der Waals surface area contributed by atoms with E-state index in [4.69, 9.17) is 27.3 Å². The molecule has 16 heteroatoms. The summed E-state index contributed by atoms with van der Waals surface area (Å²) in [6, 6.07) is 6.41. The molecule has 2 N–H and O–H groups in total. The van der Waals surface area contributed by atoms with Crippen LogP contribution in [0.5, 0.6) is 0 Å². The SMILES string of the molecule is CC1CN(c2nc(N3CC(N(C)C)C3)nc3c(F)c(-c4ccc(F)c5sc(N)c(C#N)c45)c(Cl)cc23)C[C@@]2(CCN2C(=O)n2cncn2)C1. The van der Waals surface area contributed by atoms with E-state index in [-0.39, 0.29) is 54.3 Å². The van der Waals surface area contributed by atoms with Crippen LogP contribution in [0.4, 0.5) is 30.3 Å². The van der Waals surface area contributed by atoms with Crippen molar-refractivity contribution in [2.45, 2.75) is 31.3 Å². The van der Waals surface area contributed by atoms with Gasteiger partial charge in [-0.1, -0.05) is 24.6 Å². The van der Waals surface area contributed by atoms with Gasteiger partial charge in [0.05, 0.1) is 20.8 Å². The number of carbonyl (C=O) groups is 1. The van der Waals surface area contributed by atoms with Crippen LogP contribution in [0.3, 0.4) is 0 Å². The summed E-state index contributed by atoms with van der Waals surface area (Å²) >= 11 is 7.87. The number of fused-ring (bicyclic) bond motifs is 2. The van der Waals surface area contributed by atoms with E-state index in [0.29, 0.717) is 55.9 Å². The van der Waals surface area contributed by atoms with Crippen molar-refractivity contribution in [1.29, 1.82) is 5.26 Å². The number of amides is 1. The van der Waals surface area contributed by atoms with Crippen LogP contribution in [0.2, 0.25) is 5.02 Å². The van der Waals surface area contributed by atoms with Crippen LogP contribution in [0.1, 0.15) is 25.3 Å². The molecule has 0 bridgehead atoms. The fraction of sp³-hybridized carbons (Fsp3) is 0.394. The number of nitrogen functional groups attached to an aromatic ring is 1. The fourth-order valence-corrected chi connectivity index (χ4v) is 8.88. The van der Waals surface area contributed by atoms with Crippen molar-refractivity contribution in [1.82, 2.24) is 34.5 Å². The summed E-state index contributed by atoms with van der Waals surface area (Å²) in [5, 5.41) is 14.8. The van der Waals surface area contributed by atoms with E-state index >= 15 is 4.39 Å². The Balaban J connectivity index is 1.29. The van der Waals surface area contributed by atoms with Gasteiger partial charge in [-0.3, -0.25) is 0 Å². The maximum Gasteiger partial charge on any atom is 0.346 e. The van der Waals surface area contributed by atoms with Gasteiger partial charge < -0.3 is 25.3 Å². The Labute approximate surface area is 289 Å². The highest BCUT2D eigenvalue weighted by atomic mass is 35.5. The molecule has 0 radical (unpaired) electrons. The standard InChI is InChI=1S/C33H32ClF2N11OS/c1-17-9-33(6-7-46(33)32(48)47-16-39-15-40-47)14-45(11-17)30-20-8-22(34)25(19-4-5-23(35)28-24(19)21(10-37)29(38)49-28)26(36)27(20)41-31(42-30)44-12-18(13-44)43(2)3/h4-5,8,15-18H,6-7,9,11-14,38H2,1-3H3/t17?,33-/m1/s1. The number of aromatic nitrogens is 5. The molecule has 252 valence electrons. The molecule has 3 saturated heterocycles. The number of hydrogen-bond donors (Lipinski definition) is 1. The number of halogens is 3. The molecular formula is C33H32ClF2N11OS. The van der Waals surface area contributed by atoms with Gasteiger partial charge in [-0.25, -0.2) is 23.5 Å². The minimum Gasteiger partial charge on any atom is -0.389 e. The molecule has 1 spiro atoms. The van der Waals surface area contributed by atoms with Crippen molar-refractivity contribution in [3.8, 4) is 17.2 Å². The zero-order valence-electron chi connectivity index (χ0n) is 27.0. The predicted molar refractivity (Wildman–Crippen MR) is 185 cm³/mol. The van der Waals surface area contributed by atoms with Gasteiger partial charge in [-0.2, -0.15) is 20.0 Å². The first-order valence-electron chi connectivity index (χ1n) is 15.9. The fourth-order valence-electron chi connectivity index (χ4n) is 7.63. The second kappa shape index (κ2) is 11.5. The number of nitrogens with two attached hydrogens (primary N) is 1. The molecule has 0 aliphatic carbocycles. The van der Waals surface area contributed by atoms with Gasteiger partial charge in [0.25, 0.3) is 0 Å². The summed E-state index contributed by atoms with van der Waals surface area (Å²) in [7, 11) is 4.02. The van der Waals surface area contributed by atoms with Crippen LogP contribution in [-0.4, -0.2) is 99.0 Å². The highest BCUT2D eigenvalue weighted by Crippen LogP contribution is 2.47. The monoisotopic (exact) mass is 703 g/mol. The Bertz CT molecular complexity index is 2200. The molecule has 5 aromatic rings. The van der Waals surface area contributed by atoms with Gasteiger partial charge in [-0.15, -0.1) is 11.3 Å². The number of likely N-dealkylation sites (N-methyl/N-ethyl adjacent to an activating group) is 1. The van der Waals surface area contributed by atoms with Crippen molar-refractivity contribution in [3.05, 3.63) is 53.1 Å². The average molecular weight is 704 g/mol. The number of piperidine rings is 1. The Kier molecular flexibility index (Phi) is 7.40. The number of nitrogens with zero attached hydrogens (tertiary/aromatic N) is 10. The Hall–Kier alpha value is -4.65. The number of rotatable bonds is 4. The van der Waals surface area contributed by atoms with E-state index in [0.717, 1.165) is 24.2 Å². The van der Waals surface area contributed by atoms with E-state index in [9.17, 15) is 14.4 Å². The molecule has 2 atom stereocenters. The minimum absolute atomic E-state index is 0.00548. The molecule has 3 aliphatic rings. The maximum atomic E-state index is 17.1. The summed E-state index contributed by atoms with van der Waals surface area (Å²) < 4.78 is 33.5. The van der Waals surface area contributed by atoms with Gasteiger partial charge in [0, 0.05) is 55.1 Å². The maximum absolute atomic E-state index is 17.1. The normalized spacial score (nSPS) is 21.1. The predicted octanol–water partition coefficient (Wildman–Crippen LogP) is 5.20. The van der Waals surface area contributed by atoms with Crippen LogP contribution in [0.25, 0.3) is 32.1 Å². The van der Waals surface area contributed by atoms with Gasteiger partial charge in [0.1, 0.15) is 40.9 Å². The zero-order valence-corrected chi connectivity index (χ0v) is 28.6. The lowest BCUT2D eigenvalue weighted by Gasteiger charge is -2.58. The Morgan fingerprint density at radius 3 is 2.67 bits per heavy atom. The topological polar surface area (TPSA) is 136 Å². The molecule has 12 nitrogen and oxygen atoms in total. The van der Waals surface area contributed by atoms with Gasteiger partial charge >= 0.3 is 6.03 Å². The molecule has 1 unspecified atom stereocenters. The van der Waals surface area contributed by atoms with E-state index in [1.807, 2.05) is 23.9 Å². The number of benzene rings is 2. The van der Waals surface area contributed by atoms with Crippen molar-refractivity contribution >= 4 is 66.7 Å². The zero-order chi connectivity index (χ0) is 34.4. The summed E-state index contributed by atoms with van der Waals surface area (Å²) in [5.74, 6) is -0.185. The molecule has 0 saturated carbocycles. The summed E-state index contributed by atoms with van der Waals surface area (Å²) in [6.45, 7) is 5.15. The highest BCUT2D eigenvalue weighted by molar-refractivity contribution is 7.23. The average Bonchev–Trinajstić information content (AvgIpc) is 3.69. The second-order valence-electron chi connectivity index (χ2n) is 13.5. The number of hydrogen-bond acceptors (Lipinski definition) is 11. The van der Waals surface area contributed by atoms with Gasteiger partial charge in [-0.05, 0) is 50.6 Å². The molecule has 8 rings (SSSR count). The van der Waals surface area contributed by atoms with Crippen molar-refractivity contribution < 1.29 is 13.6 Å². The molecule has 3 fully saturated rings. The number of likely N-dealkylation sites (tertiary alicyclic amines) is 1. The van der Waals surface area contributed by atoms with Crippen molar-refractivity contribution in [2.75, 3.05) is 62.4 Å². The Morgan fingerprint density at radius 2 is 2.00 bits per heavy atom. The minimum atomic E-state index is -0.704. The van der Waals surface area contributed by atoms with Crippen LogP contribution in [0, 0.1) is 28.9 Å². The Morgan fingerprint density at radius 1 is 1.20 bits per heavy atom. The van der Waals surface area contributed by atoms with E-state index < -0.39 is 17.2 Å². The second-order valence-corrected chi connectivity index (χ2v) is 15.0. The highest BCUT2D eigenvalue weighted by Gasteiger charge is 2.52. The lowest BCUT2D eigenvalue weighted by molar-refractivity contribution is -0.000467.